The van der Waals surface area contributed by atoms with Gasteiger partial charge in [-0.05, 0) is 49.2 Å². The van der Waals surface area contributed by atoms with Crippen LogP contribution in [0.1, 0.15) is 31.1 Å². The molecule has 9 heteroatoms. The summed E-state index contributed by atoms with van der Waals surface area (Å²) in [7, 11) is 0. The van der Waals surface area contributed by atoms with E-state index in [2.05, 4.69) is 10.2 Å². The predicted octanol–water partition coefficient (Wildman–Crippen LogP) is 3.10. The van der Waals surface area contributed by atoms with Gasteiger partial charge in [0.1, 0.15) is 11.8 Å². The molecule has 0 aliphatic carbocycles. The third kappa shape index (κ3) is 6.00. The molecule has 1 heterocycles. The van der Waals surface area contributed by atoms with Crippen LogP contribution in [0.15, 0.2) is 48.5 Å². The van der Waals surface area contributed by atoms with Gasteiger partial charge in [0.15, 0.2) is 0 Å². The van der Waals surface area contributed by atoms with Crippen molar-refractivity contribution in [3.63, 3.8) is 0 Å². The molecule has 0 saturated carbocycles. The number of anilines is 1. The molecule has 1 aliphatic rings. The number of nitrogens with zero attached hydrogens (tertiary/aromatic N) is 3. The van der Waals surface area contributed by atoms with Gasteiger partial charge in [-0.1, -0.05) is 13.8 Å². The molecule has 33 heavy (non-hydrogen) atoms. The topological polar surface area (TPSA) is 105 Å². The van der Waals surface area contributed by atoms with E-state index in [9.17, 15) is 19.7 Å². The van der Waals surface area contributed by atoms with Crippen molar-refractivity contribution >= 4 is 23.2 Å². The molecular formula is C24H30N4O5. The van der Waals surface area contributed by atoms with Crippen LogP contribution in [-0.4, -0.2) is 60.5 Å². The average molecular weight is 455 g/mol. The van der Waals surface area contributed by atoms with Crippen molar-refractivity contribution in [1.29, 1.82) is 0 Å². The lowest BCUT2D eigenvalue weighted by Crippen LogP contribution is -2.56. The molecule has 1 unspecified atom stereocenters. The molecule has 1 saturated heterocycles. The van der Waals surface area contributed by atoms with Crippen molar-refractivity contribution in [2.75, 3.05) is 37.7 Å². The first kappa shape index (κ1) is 24.0. The minimum Gasteiger partial charge on any atom is -0.494 e. The van der Waals surface area contributed by atoms with E-state index >= 15 is 0 Å². The fraction of sp³-hybridized carbons (Fsp3) is 0.417. The summed E-state index contributed by atoms with van der Waals surface area (Å²) in [5, 5.41) is 13.7. The minimum atomic E-state index is -0.630. The Hall–Kier alpha value is -3.62. The summed E-state index contributed by atoms with van der Waals surface area (Å²) in [6.45, 7) is 8.51. The lowest BCUT2D eigenvalue weighted by molar-refractivity contribution is -0.384. The van der Waals surface area contributed by atoms with E-state index in [1.807, 2.05) is 20.8 Å². The smallest absolute Gasteiger partial charge is 0.269 e. The molecule has 1 aliphatic heterocycles. The zero-order chi connectivity index (χ0) is 24.0. The van der Waals surface area contributed by atoms with Crippen LogP contribution in [0.4, 0.5) is 11.4 Å². The van der Waals surface area contributed by atoms with Crippen molar-refractivity contribution in [3.8, 4) is 5.75 Å². The Kier molecular flexibility index (Phi) is 7.87. The van der Waals surface area contributed by atoms with Gasteiger partial charge in [0, 0.05) is 49.6 Å². The number of amides is 2. The maximum Gasteiger partial charge on any atom is 0.269 e. The number of carbonyl (C=O) groups excluding carboxylic acids is 2. The quantitative estimate of drug-likeness (QED) is 0.485. The second-order valence-corrected chi connectivity index (χ2v) is 8.24. The van der Waals surface area contributed by atoms with E-state index in [4.69, 9.17) is 4.74 Å². The van der Waals surface area contributed by atoms with Crippen LogP contribution in [0, 0.1) is 16.0 Å². The van der Waals surface area contributed by atoms with Gasteiger partial charge in [0.25, 0.3) is 11.6 Å². The van der Waals surface area contributed by atoms with Crippen molar-refractivity contribution in [2.45, 2.75) is 26.8 Å². The molecule has 3 rings (SSSR count). The summed E-state index contributed by atoms with van der Waals surface area (Å²) in [6, 6.07) is 12.6. The zero-order valence-corrected chi connectivity index (χ0v) is 19.2. The Morgan fingerprint density at radius 2 is 1.64 bits per heavy atom. The lowest BCUT2D eigenvalue weighted by Gasteiger charge is -2.38. The summed E-state index contributed by atoms with van der Waals surface area (Å²) in [5.74, 6) is 0.218. The van der Waals surface area contributed by atoms with E-state index in [1.165, 1.54) is 12.1 Å². The second-order valence-electron chi connectivity index (χ2n) is 8.24. The monoisotopic (exact) mass is 454 g/mol. The van der Waals surface area contributed by atoms with Gasteiger partial charge in [-0.25, -0.2) is 0 Å². The van der Waals surface area contributed by atoms with Crippen molar-refractivity contribution < 1.29 is 19.2 Å². The number of piperazine rings is 1. The molecule has 2 amide bonds. The average Bonchev–Trinajstić information content (AvgIpc) is 2.82. The van der Waals surface area contributed by atoms with Crippen LogP contribution in [0.5, 0.6) is 5.75 Å². The third-order valence-electron chi connectivity index (χ3n) is 5.66. The highest BCUT2D eigenvalue weighted by Gasteiger charge is 2.31. The Bertz CT molecular complexity index is 967. The van der Waals surface area contributed by atoms with Crippen molar-refractivity contribution in [1.82, 2.24) is 10.2 Å². The number of nitrogens with one attached hydrogen (secondary N) is 1. The number of non-ortho nitro benzene ring substituents is 1. The van der Waals surface area contributed by atoms with E-state index in [1.54, 1.807) is 41.3 Å². The number of carbonyl (C=O) groups is 2. The van der Waals surface area contributed by atoms with E-state index < -0.39 is 11.0 Å². The highest BCUT2D eigenvalue weighted by Crippen LogP contribution is 2.21. The maximum atomic E-state index is 13.2. The van der Waals surface area contributed by atoms with Crippen LogP contribution in [0.3, 0.4) is 0 Å². The van der Waals surface area contributed by atoms with Crippen LogP contribution < -0.4 is 15.0 Å². The van der Waals surface area contributed by atoms with Gasteiger partial charge < -0.3 is 19.9 Å². The van der Waals surface area contributed by atoms with Crippen molar-refractivity contribution in [2.24, 2.45) is 5.92 Å². The van der Waals surface area contributed by atoms with E-state index in [0.717, 1.165) is 5.69 Å². The van der Waals surface area contributed by atoms with Crippen LogP contribution in [0.25, 0.3) is 0 Å². The zero-order valence-electron chi connectivity index (χ0n) is 19.2. The van der Waals surface area contributed by atoms with Crippen molar-refractivity contribution in [3.05, 3.63) is 64.2 Å². The third-order valence-corrected chi connectivity index (χ3v) is 5.66. The fourth-order valence-corrected chi connectivity index (χ4v) is 3.77. The molecule has 1 fully saturated rings. The molecule has 0 radical (unpaired) electrons. The molecule has 0 spiro atoms. The van der Waals surface area contributed by atoms with Gasteiger partial charge in [-0.2, -0.15) is 0 Å². The molecule has 176 valence electrons. The Morgan fingerprint density at radius 3 is 2.15 bits per heavy atom. The normalized spacial score (nSPS) is 14.7. The summed E-state index contributed by atoms with van der Waals surface area (Å²) in [6.07, 6.45) is 0. The van der Waals surface area contributed by atoms with Gasteiger partial charge >= 0.3 is 0 Å². The molecule has 9 nitrogen and oxygen atoms in total. The predicted molar refractivity (Wildman–Crippen MR) is 126 cm³/mol. The van der Waals surface area contributed by atoms with Gasteiger partial charge in [-0.3, -0.25) is 19.7 Å². The molecule has 1 atom stereocenters. The molecule has 2 aromatic rings. The number of rotatable bonds is 8. The second kappa shape index (κ2) is 10.8. The number of benzene rings is 2. The van der Waals surface area contributed by atoms with Crippen LogP contribution in [-0.2, 0) is 4.79 Å². The van der Waals surface area contributed by atoms with Gasteiger partial charge in [0.05, 0.1) is 11.5 Å². The van der Waals surface area contributed by atoms with E-state index in [-0.39, 0.29) is 23.4 Å². The SMILES string of the molecule is CCOc1ccc(C(=O)NC(C(=O)N2CCN(c3ccc([N+](=O)[O-])cc3)CC2)C(C)C)cc1. The molecule has 0 aromatic heterocycles. The number of hydrogen-bond donors (Lipinski definition) is 1. The molecular weight excluding hydrogens is 424 g/mol. The number of hydrogen-bond acceptors (Lipinski definition) is 6. The Labute approximate surface area is 193 Å². The minimum absolute atomic E-state index is 0.0515. The number of nitro benzene ring substituents is 1. The standard InChI is InChI=1S/C24H30N4O5/c1-4-33-21-11-5-18(6-12-21)23(29)25-22(17(2)3)24(30)27-15-13-26(14-16-27)19-7-9-20(10-8-19)28(31)32/h5-12,17,22H,4,13-16H2,1-3H3,(H,25,29). The summed E-state index contributed by atoms with van der Waals surface area (Å²) >= 11 is 0. The molecule has 2 aromatic carbocycles. The summed E-state index contributed by atoms with van der Waals surface area (Å²) in [5.41, 5.74) is 1.41. The lowest BCUT2D eigenvalue weighted by atomic mass is 10.0. The highest BCUT2D eigenvalue weighted by molar-refractivity contribution is 5.97. The first-order valence-electron chi connectivity index (χ1n) is 11.1. The first-order valence-corrected chi connectivity index (χ1v) is 11.1. The number of ether oxygens (including phenoxy) is 1. The Balaban J connectivity index is 1.59. The first-order chi connectivity index (χ1) is 15.8. The van der Waals surface area contributed by atoms with Gasteiger partial charge in [0.2, 0.25) is 5.91 Å². The van der Waals surface area contributed by atoms with E-state index in [0.29, 0.717) is 44.1 Å². The van der Waals surface area contributed by atoms with Gasteiger partial charge in [-0.15, -0.1) is 0 Å². The highest BCUT2D eigenvalue weighted by atomic mass is 16.6. The Morgan fingerprint density at radius 1 is 1.03 bits per heavy atom. The van der Waals surface area contributed by atoms with Crippen LogP contribution in [0.2, 0.25) is 0 Å². The largest absolute Gasteiger partial charge is 0.494 e. The summed E-state index contributed by atoms with van der Waals surface area (Å²) in [4.78, 5) is 40.2. The summed E-state index contributed by atoms with van der Waals surface area (Å²) < 4.78 is 5.41. The fourth-order valence-electron chi connectivity index (χ4n) is 3.77. The molecule has 1 N–H and O–H groups in total. The molecule has 0 bridgehead atoms. The van der Waals surface area contributed by atoms with Crippen LogP contribution >= 0.6 is 0 Å². The number of nitro groups is 1. The maximum absolute atomic E-state index is 13.2.